The highest BCUT2D eigenvalue weighted by Gasteiger charge is 2.22. The Morgan fingerprint density at radius 1 is 1.17 bits per heavy atom. The number of ether oxygens (including phenoxy) is 2. The number of hydrogen-bond donors (Lipinski definition) is 1. The Labute approximate surface area is 109 Å². The third kappa shape index (κ3) is 3.72. The van der Waals surface area contributed by atoms with E-state index in [0.717, 1.165) is 25.0 Å². The molecular weight excluding hydrogens is 228 g/mol. The van der Waals surface area contributed by atoms with Crippen LogP contribution in [0, 0.1) is 5.92 Å². The smallest absolute Gasteiger partial charge is 0.188 e. The first kappa shape index (κ1) is 13.4. The zero-order valence-corrected chi connectivity index (χ0v) is 11.0. The van der Waals surface area contributed by atoms with Crippen molar-refractivity contribution in [1.82, 2.24) is 0 Å². The van der Waals surface area contributed by atoms with Crippen molar-refractivity contribution in [3.05, 3.63) is 29.8 Å². The Morgan fingerprint density at radius 2 is 1.89 bits per heavy atom. The van der Waals surface area contributed by atoms with Gasteiger partial charge in [0.05, 0.1) is 6.10 Å². The number of methoxy groups -OCH3 is 1. The molecule has 0 bridgehead atoms. The molecule has 0 spiro atoms. The van der Waals surface area contributed by atoms with Gasteiger partial charge in [0.2, 0.25) is 0 Å². The lowest BCUT2D eigenvalue weighted by molar-refractivity contribution is 0.0511. The van der Waals surface area contributed by atoms with Gasteiger partial charge >= 0.3 is 0 Å². The van der Waals surface area contributed by atoms with Crippen molar-refractivity contribution in [1.29, 1.82) is 0 Å². The zero-order valence-electron chi connectivity index (χ0n) is 11.0. The molecule has 100 valence electrons. The summed E-state index contributed by atoms with van der Waals surface area (Å²) in [6, 6.07) is 8.08. The van der Waals surface area contributed by atoms with Gasteiger partial charge in [-0.25, -0.2) is 0 Å². The molecule has 1 fully saturated rings. The fourth-order valence-corrected chi connectivity index (χ4v) is 2.58. The Balaban J connectivity index is 1.89. The highest BCUT2D eigenvalue weighted by atomic mass is 16.7. The second kappa shape index (κ2) is 6.76. The summed E-state index contributed by atoms with van der Waals surface area (Å²) in [4.78, 5) is 0. The van der Waals surface area contributed by atoms with E-state index in [0.29, 0.717) is 5.92 Å². The van der Waals surface area contributed by atoms with E-state index in [1.807, 2.05) is 12.1 Å². The first-order valence-electron chi connectivity index (χ1n) is 6.68. The van der Waals surface area contributed by atoms with Gasteiger partial charge in [-0.2, -0.15) is 0 Å². The summed E-state index contributed by atoms with van der Waals surface area (Å²) in [6.45, 7) is 0.278. The molecule has 18 heavy (non-hydrogen) atoms. The van der Waals surface area contributed by atoms with Crippen LogP contribution in [0.1, 0.15) is 31.2 Å². The molecule has 0 unspecified atom stereocenters. The molecule has 1 aromatic rings. The molecule has 1 aliphatic carbocycles. The molecule has 0 saturated heterocycles. The molecule has 0 aromatic heterocycles. The molecule has 1 N–H and O–H groups in total. The molecule has 1 saturated carbocycles. The Morgan fingerprint density at radius 3 is 2.56 bits per heavy atom. The van der Waals surface area contributed by atoms with Crippen LogP contribution in [0.2, 0.25) is 0 Å². The summed E-state index contributed by atoms with van der Waals surface area (Å²) in [5.41, 5.74) is 1.27. The van der Waals surface area contributed by atoms with Crippen LogP contribution in [0.3, 0.4) is 0 Å². The maximum Gasteiger partial charge on any atom is 0.188 e. The predicted octanol–water partition coefficient (Wildman–Crippen LogP) is 2.76. The third-order valence-electron chi connectivity index (χ3n) is 3.63. The maximum atomic E-state index is 9.96. The average molecular weight is 250 g/mol. The quantitative estimate of drug-likeness (QED) is 0.817. The van der Waals surface area contributed by atoms with E-state index in [1.165, 1.54) is 18.4 Å². The SMILES string of the molecule is COCOc1ccc(C[C@@H]2CCCC[C@H]2O)cc1. The van der Waals surface area contributed by atoms with Gasteiger partial charge in [0.1, 0.15) is 5.75 Å². The Bertz CT molecular complexity index is 347. The van der Waals surface area contributed by atoms with Crippen molar-refractivity contribution in [3.63, 3.8) is 0 Å². The molecule has 1 aromatic carbocycles. The molecule has 1 aliphatic rings. The van der Waals surface area contributed by atoms with Gasteiger partial charge in [0.25, 0.3) is 0 Å². The molecule has 2 rings (SSSR count). The monoisotopic (exact) mass is 250 g/mol. The van der Waals surface area contributed by atoms with Gasteiger partial charge in [0, 0.05) is 7.11 Å². The Kier molecular flexibility index (Phi) is 5.02. The second-order valence-electron chi connectivity index (χ2n) is 5.01. The standard InChI is InChI=1S/C15H22O3/c1-17-11-18-14-8-6-12(7-9-14)10-13-4-2-3-5-15(13)16/h6-9,13,15-16H,2-5,10-11H2,1H3/t13-,15+/m0/s1. The van der Waals surface area contributed by atoms with Crippen LogP contribution in [-0.4, -0.2) is 25.1 Å². The minimum Gasteiger partial charge on any atom is -0.468 e. The highest BCUT2D eigenvalue weighted by molar-refractivity contribution is 5.27. The lowest BCUT2D eigenvalue weighted by atomic mass is 9.82. The van der Waals surface area contributed by atoms with Crippen molar-refractivity contribution >= 4 is 0 Å². The minimum absolute atomic E-state index is 0.122. The zero-order chi connectivity index (χ0) is 12.8. The minimum atomic E-state index is -0.122. The van der Waals surface area contributed by atoms with Gasteiger partial charge < -0.3 is 14.6 Å². The summed E-state index contributed by atoms with van der Waals surface area (Å²) in [7, 11) is 1.61. The topological polar surface area (TPSA) is 38.7 Å². The normalized spacial score (nSPS) is 23.9. The number of hydrogen-bond acceptors (Lipinski definition) is 3. The number of aliphatic hydroxyl groups excluding tert-OH is 1. The first-order chi connectivity index (χ1) is 8.79. The van der Waals surface area contributed by atoms with Gasteiger partial charge in [-0.3, -0.25) is 0 Å². The van der Waals surface area contributed by atoms with Gasteiger partial charge in [0.15, 0.2) is 6.79 Å². The fraction of sp³-hybridized carbons (Fsp3) is 0.600. The summed E-state index contributed by atoms with van der Waals surface area (Å²) in [5, 5.41) is 9.96. The van der Waals surface area contributed by atoms with Crippen molar-refractivity contribution in [2.75, 3.05) is 13.9 Å². The lowest BCUT2D eigenvalue weighted by Gasteiger charge is -2.27. The number of rotatable bonds is 5. The van der Waals surface area contributed by atoms with Gasteiger partial charge in [-0.1, -0.05) is 25.0 Å². The van der Waals surface area contributed by atoms with Crippen LogP contribution in [0.15, 0.2) is 24.3 Å². The van der Waals surface area contributed by atoms with Crippen LogP contribution in [0.25, 0.3) is 0 Å². The largest absolute Gasteiger partial charge is 0.468 e. The van der Waals surface area contributed by atoms with Crippen LogP contribution < -0.4 is 4.74 Å². The molecule has 3 heteroatoms. The first-order valence-corrected chi connectivity index (χ1v) is 6.68. The molecule has 0 heterocycles. The molecule has 2 atom stereocenters. The summed E-state index contributed by atoms with van der Waals surface area (Å²) in [5.74, 6) is 1.24. The number of benzene rings is 1. The summed E-state index contributed by atoms with van der Waals surface area (Å²) < 4.78 is 10.2. The molecule has 0 amide bonds. The van der Waals surface area contributed by atoms with Crippen LogP contribution in [-0.2, 0) is 11.2 Å². The van der Waals surface area contributed by atoms with E-state index < -0.39 is 0 Å². The second-order valence-corrected chi connectivity index (χ2v) is 5.01. The van der Waals surface area contributed by atoms with Crippen molar-refractivity contribution in [3.8, 4) is 5.75 Å². The van der Waals surface area contributed by atoms with Crippen LogP contribution in [0.5, 0.6) is 5.75 Å². The van der Waals surface area contributed by atoms with Crippen LogP contribution in [0.4, 0.5) is 0 Å². The van der Waals surface area contributed by atoms with Crippen LogP contribution >= 0.6 is 0 Å². The van der Waals surface area contributed by atoms with Crippen molar-refractivity contribution < 1.29 is 14.6 Å². The summed E-state index contributed by atoms with van der Waals surface area (Å²) in [6.07, 6.45) is 5.36. The van der Waals surface area contributed by atoms with E-state index in [4.69, 9.17) is 9.47 Å². The van der Waals surface area contributed by atoms with E-state index in [9.17, 15) is 5.11 Å². The summed E-state index contributed by atoms with van der Waals surface area (Å²) >= 11 is 0. The maximum absolute atomic E-state index is 9.96. The van der Waals surface area contributed by atoms with Gasteiger partial charge in [-0.15, -0.1) is 0 Å². The third-order valence-corrected chi connectivity index (χ3v) is 3.63. The van der Waals surface area contributed by atoms with Gasteiger partial charge in [-0.05, 0) is 42.9 Å². The fourth-order valence-electron chi connectivity index (χ4n) is 2.58. The Hall–Kier alpha value is -1.06. The van der Waals surface area contributed by atoms with E-state index >= 15 is 0 Å². The average Bonchev–Trinajstić information content (AvgIpc) is 2.41. The molecule has 0 radical (unpaired) electrons. The van der Waals surface area contributed by atoms with E-state index in [-0.39, 0.29) is 12.9 Å². The predicted molar refractivity (Wildman–Crippen MR) is 70.6 cm³/mol. The molecular formula is C15H22O3. The van der Waals surface area contributed by atoms with Crippen molar-refractivity contribution in [2.45, 2.75) is 38.2 Å². The highest BCUT2D eigenvalue weighted by Crippen LogP contribution is 2.27. The molecule has 3 nitrogen and oxygen atoms in total. The van der Waals surface area contributed by atoms with Crippen molar-refractivity contribution in [2.24, 2.45) is 5.92 Å². The van der Waals surface area contributed by atoms with E-state index in [2.05, 4.69) is 12.1 Å². The lowest BCUT2D eigenvalue weighted by Crippen LogP contribution is -2.26. The number of aliphatic hydroxyl groups is 1. The van der Waals surface area contributed by atoms with E-state index in [1.54, 1.807) is 7.11 Å². The molecule has 0 aliphatic heterocycles.